The molecular weight excluding hydrogens is 332 g/mol. The van der Waals surface area contributed by atoms with Gasteiger partial charge in [-0.3, -0.25) is 9.59 Å². The molecule has 138 valence electrons. The number of aromatic amines is 2. The second-order valence-electron chi connectivity index (χ2n) is 7.32. The lowest BCUT2D eigenvalue weighted by Crippen LogP contribution is -2.52. The van der Waals surface area contributed by atoms with Crippen LogP contribution in [0.1, 0.15) is 31.2 Å². The highest BCUT2D eigenvalue weighted by Gasteiger charge is 2.30. The molecule has 2 heterocycles. The SMILES string of the molecule is O=C(Cc1ccc2[nH]c(=O)[nH]c2c1)N1CCN(C(=O)C2CCCC2)CC1. The molecule has 2 aromatic rings. The average Bonchev–Trinajstić information content (AvgIpc) is 3.29. The fourth-order valence-corrected chi connectivity index (χ4v) is 4.08. The van der Waals surface area contributed by atoms with Gasteiger partial charge >= 0.3 is 5.69 Å². The lowest BCUT2D eigenvalue weighted by atomic mass is 10.1. The highest BCUT2D eigenvalue weighted by molar-refractivity contribution is 5.82. The zero-order valence-electron chi connectivity index (χ0n) is 14.8. The van der Waals surface area contributed by atoms with Crippen molar-refractivity contribution >= 4 is 22.8 Å². The van der Waals surface area contributed by atoms with Crippen molar-refractivity contribution in [3.63, 3.8) is 0 Å². The van der Waals surface area contributed by atoms with Gasteiger partial charge in [0.2, 0.25) is 11.8 Å². The molecule has 2 N–H and O–H groups in total. The normalized spacial score (nSPS) is 18.6. The summed E-state index contributed by atoms with van der Waals surface area (Å²) in [6.07, 6.45) is 4.65. The molecule has 0 radical (unpaired) electrons. The van der Waals surface area contributed by atoms with E-state index in [1.807, 2.05) is 28.0 Å². The molecule has 26 heavy (non-hydrogen) atoms. The van der Waals surface area contributed by atoms with Crippen LogP contribution in [0.15, 0.2) is 23.0 Å². The van der Waals surface area contributed by atoms with Gasteiger partial charge in [-0.2, -0.15) is 0 Å². The van der Waals surface area contributed by atoms with Crippen LogP contribution in [0.4, 0.5) is 0 Å². The number of carbonyl (C=O) groups excluding carboxylic acids is 2. The molecule has 1 saturated heterocycles. The summed E-state index contributed by atoms with van der Waals surface area (Å²) in [5, 5.41) is 0. The number of nitrogens with one attached hydrogen (secondary N) is 2. The maximum absolute atomic E-state index is 12.6. The third-order valence-electron chi connectivity index (χ3n) is 5.58. The van der Waals surface area contributed by atoms with Gasteiger partial charge in [-0.1, -0.05) is 18.9 Å². The number of aromatic nitrogens is 2. The van der Waals surface area contributed by atoms with Crippen molar-refractivity contribution in [1.29, 1.82) is 0 Å². The minimum absolute atomic E-state index is 0.0650. The number of amides is 2. The van der Waals surface area contributed by atoms with Crippen LogP contribution in [0, 0.1) is 5.92 Å². The number of H-pyrrole nitrogens is 2. The van der Waals surface area contributed by atoms with E-state index in [-0.39, 0.29) is 23.4 Å². The maximum Gasteiger partial charge on any atom is 0.323 e. The molecular formula is C19H24N4O3. The zero-order valence-corrected chi connectivity index (χ0v) is 14.8. The molecule has 0 atom stereocenters. The number of hydrogen-bond acceptors (Lipinski definition) is 3. The molecule has 0 spiro atoms. The Hall–Kier alpha value is -2.57. The van der Waals surface area contributed by atoms with Crippen molar-refractivity contribution in [1.82, 2.24) is 19.8 Å². The number of rotatable bonds is 3. The van der Waals surface area contributed by atoms with E-state index < -0.39 is 0 Å². The lowest BCUT2D eigenvalue weighted by molar-refractivity contribution is -0.141. The Morgan fingerprint density at radius 2 is 1.62 bits per heavy atom. The summed E-state index contributed by atoms with van der Waals surface area (Å²) in [6.45, 7) is 2.46. The summed E-state index contributed by atoms with van der Waals surface area (Å²) >= 11 is 0. The Morgan fingerprint density at radius 3 is 2.35 bits per heavy atom. The Kier molecular flexibility index (Phi) is 4.53. The minimum Gasteiger partial charge on any atom is -0.339 e. The van der Waals surface area contributed by atoms with E-state index in [4.69, 9.17) is 0 Å². The summed E-state index contributed by atoms with van der Waals surface area (Å²) in [7, 11) is 0. The smallest absolute Gasteiger partial charge is 0.323 e. The zero-order chi connectivity index (χ0) is 18.1. The molecule has 2 aliphatic rings. The third kappa shape index (κ3) is 3.38. The van der Waals surface area contributed by atoms with Gasteiger partial charge in [-0.25, -0.2) is 4.79 Å². The van der Waals surface area contributed by atoms with Gasteiger partial charge in [0.15, 0.2) is 0 Å². The van der Waals surface area contributed by atoms with Gasteiger partial charge in [0.05, 0.1) is 17.5 Å². The third-order valence-corrected chi connectivity index (χ3v) is 5.58. The van der Waals surface area contributed by atoms with Crippen molar-refractivity contribution in [2.45, 2.75) is 32.1 Å². The summed E-state index contributed by atoms with van der Waals surface area (Å²) in [4.78, 5) is 45.6. The summed E-state index contributed by atoms with van der Waals surface area (Å²) in [5.41, 5.74) is 2.09. The summed E-state index contributed by atoms with van der Waals surface area (Å²) < 4.78 is 0. The number of carbonyl (C=O) groups is 2. The van der Waals surface area contributed by atoms with E-state index in [0.29, 0.717) is 38.1 Å². The van der Waals surface area contributed by atoms with Crippen LogP contribution in [0.2, 0.25) is 0 Å². The Morgan fingerprint density at radius 1 is 0.962 bits per heavy atom. The largest absolute Gasteiger partial charge is 0.339 e. The molecule has 2 fully saturated rings. The highest BCUT2D eigenvalue weighted by Crippen LogP contribution is 2.27. The first kappa shape index (κ1) is 16.9. The predicted molar refractivity (Wildman–Crippen MR) is 97.7 cm³/mol. The quantitative estimate of drug-likeness (QED) is 0.868. The first-order valence-corrected chi connectivity index (χ1v) is 9.37. The minimum atomic E-state index is -0.244. The second kappa shape index (κ2) is 6.97. The molecule has 4 rings (SSSR count). The first-order chi connectivity index (χ1) is 12.6. The number of nitrogens with zero attached hydrogens (tertiary/aromatic N) is 2. The van der Waals surface area contributed by atoms with E-state index >= 15 is 0 Å². The Bertz CT molecular complexity index is 870. The molecule has 0 unspecified atom stereocenters. The first-order valence-electron chi connectivity index (χ1n) is 9.37. The molecule has 2 amide bonds. The van der Waals surface area contributed by atoms with Crippen LogP contribution in [-0.4, -0.2) is 57.8 Å². The van der Waals surface area contributed by atoms with Crippen molar-refractivity contribution < 1.29 is 9.59 Å². The molecule has 1 aromatic heterocycles. The number of piperazine rings is 1. The van der Waals surface area contributed by atoms with Crippen LogP contribution >= 0.6 is 0 Å². The number of fused-ring (bicyclic) bond motifs is 1. The number of benzene rings is 1. The fraction of sp³-hybridized carbons (Fsp3) is 0.526. The van der Waals surface area contributed by atoms with Crippen LogP contribution < -0.4 is 5.69 Å². The lowest BCUT2D eigenvalue weighted by Gasteiger charge is -2.36. The number of imidazole rings is 1. The molecule has 7 nitrogen and oxygen atoms in total. The van der Waals surface area contributed by atoms with Gasteiger partial charge in [-0.05, 0) is 30.5 Å². The predicted octanol–water partition coefficient (Wildman–Crippen LogP) is 1.26. The standard InChI is InChI=1S/C19H24N4O3/c24-17(12-13-5-6-15-16(11-13)21-19(26)20-15)22-7-9-23(10-8-22)18(25)14-3-1-2-4-14/h5-6,11,14H,1-4,7-10,12H2,(H2,20,21,26). The van der Waals surface area contributed by atoms with Crippen LogP contribution in [0.5, 0.6) is 0 Å². The van der Waals surface area contributed by atoms with E-state index in [1.165, 1.54) is 0 Å². The van der Waals surface area contributed by atoms with Crippen LogP contribution in [0.25, 0.3) is 11.0 Å². The summed E-state index contributed by atoms with van der Waals surface area (Å²) in [6, 6.07) is 5.52. The summed E-state index contributed by atoms with van der Waals surface area (Å²) in [5.74, 6) is 0.541. The van der Waals surface area contributed by atoms with Gasteiger partial charge in [0.1, 0.15) is 0 Å². The van der Waals surface area contributed by atoms with Crippen LogP contribution in [0.3, 0.4) is 0 Å². The van der Waals surface area contributed by atoms with E-state index in [0.717, 1.165) is 36.8 Å². The van der Waals surface area contributed by atoms with Gasteiger partial charge in [0, 0.05) is 32.1 Å². The Balaban J connectivity index is 1.34. The molecule has 1 saturated carbocycles. The van der Waals surface area contributed by atoms with Crippen molar-refractivity contribution in [2.75, 3.05) is 26.2 Å². The molecule has 0 bridgehead atoms. The Labute approximate surface area is 151 Å². The molecule has 1 aliphatic heterocycles. The second-order valence-corrected chi connectivity index (χ2v) is 7.32. The highest BCUT2D eigenvalue weighted by atomic mass is 16.2. The van der Waals surface area contributed by atoms with E-state index in [9.17, 15) is 14.4 Å². The maximum atomic E-state index is 12.6. The monoisotopic (exact) mass is 356 g/mol. The molecule has 1 aliphatic carbocycles. The topological polar surface area (TPSA) is 89.3 Å². The molecule has 1 aromatic carbocycles. The fourth-order valence-electron chi connectivity index (χ4n) is 4.08. The van der Waals surface area contributed by atoms with Gasteiger partial charge in [-0.15, -0.1) is 0 Å². The van der Waals surface area contributed by atoms with E-state index in [2.05, 4.69) is 9.97 Å². The van der Waals surface area contributed by atoms with Gasteiger partial charge < -0.3 is 19.8 Å². The van der Waals surface area contributed by atoms with Crippen molar-refractivity contribution in [2.24, 2.45) is 5.92 Å². The van der Waals surface area contributed by atoms with Crippen LogP contribution in [-0.2, 0) is 16.0 Å². The van der Waals surface area contributed by atoms with Crippen molar-refractivity contribution in [3.05, 3.63) is 34.2 Å². The van der Waals surface area contributed by atoms with E-state index in [1.54, 1.807) is 0 Å². The molecule has 7 heteroatoms. The van der Waals surface area contributed by atoms with Gasteiger partial charge in [0.25, 0.3) is 0 Å². The average molecular weight is 356 g/mol. The van der Waals surface area contributed by atoms with Crippen molar-refractivity contribution in [3.8, 4) is 0 Å². The number of hydrogen-bond donors (Lipinski definition) is 2.